The van der Waals surface area contributed by atoms with Crippen molar-refractivity contribution >= 4 is 12.0 Å². The minimum atomic E-state index is -0.495. The molecule has 2 aliphatic heterocycles. The third-order valence-corrected chi connectivity index (χ3v) is 6.01. The first-order valence-electron chi connectivity index (χ1n) is 9.98. The van der Waals surface area contributed by atoms with Crippen LogP contribution in [0.2, 0.25) is 0 Å². The van der Waals surface area contributed by atoms with Crippen LogP contribution in [0.4, 0.5) is 0 Å². The molecule has 29 heavy (non-hydrogen) atoms. The first kappa shape index (κ1) is 19.6. The molecule has 4 atom stereocenters. The van der Waals surface area contributed by atoms with Crippen LogP contribution < -0.4 is 10.9 Å². The number of amides is 1. The lowest BCUT2D eigenvalue weighted by Crippen LogP contribution is -2.48. The van der Waals surface area contributed by atoms with E-state index in [1.54, 1.807) is 16.9 Å². The number of carbonyl (C=O) groups is 1. The number of aromatic nitrogens is 2. The van der Waals surface area contributed by atoms with E-state index in [1.165, 1.54) is 6.39 Å². The largest absolute Gasteiger partial charge is 0.451 e. The van der Waals surface area contributed by atoms with E-state index in [-0.39, 0.29) is 36.0 Å². The first-order chi connectivity index (χ1) is 14.1. The molecule has 8 heteroatoms. The monoisotopic (exact) mass is 398 g/mol. The molecule has 1 fully saturated rings. The van der Waals surface area contributed by atoms with E-state index < -0.39 is 6.04 Å². The number of fused-ring (bicyclic) bond motifs is 3. The number of oxazole rings is 1. The molecule has 0 radical (unpaired) electrons. The van der Waals surface area contributed by atoms with Crippen molar-refractivity contribution in [3.8, 4) is 0 Å². The second kappa shape index (κ2) is 7.96. The van der Waals surface area contributed by atoms with Crippen LogP contribution in [-0.4, -0.2) is 44.7 Å². The zero-order valence-electron chi connectivity index (χ0n) is 16.6. The molecule has 4 heterocycles. The molecule has 0 spiro atoms. The minimum Gasteiger partial charge on any atom is -0.451 e. The Hall–Kier alpha value is -2.71. The molecule has 2 aliphatic rings. The number of hydrogen-bond acceptors (Lipinski definition) is 6. The Kier molecular flexibility index (Phi) is 5.38. The van der Waals surface area contributed by atoms with E-state index >= 15 is 0 Å². The van der Waals surface area contributed by atoms with Gasteiger partial charge in [0, 0.05) is 49.3 Å². The van der Waals surface area contributed by atoms with Crippen molar-refractivity contribution in [1.82, 2.24) is 19.8 Å². The SMILES string of the molecule is C/C=C\c1ccc2n(c1=O)C[C@H]1[C@H](CO)[C@@H](C(=O)NCC)N(Cc3cocn3)[C@@H]21. The highest BCUT2D eigenvalue weighted by Crippen LogP contribution is 2.49. The second-order valence-electron chi connectivity index (χ2n) is 7.58. The van der Waals surface area contributed by atoms with Crippen LogP contribution in [0.3, 0.4) is 0 Å². The molecular formula is C21H26N4O4. The zero-order chi connectivity index (χ0) is 20.5. The fraction of sp³-hybridized carbons (Fsp3) is 0.476. The fourth-order valence-electron chi connectivity index (χ4n) is 4.89. The highest BCUT2D eigenvalue weighted by Gasteiger charge is 2.55. The van der Waals surface area contributed by atoms with Gasteiger partial charge in [0.1, 0.15) is 6.26 Å². The van der Waals surface area contributed by atoms with Gasteiger partial charge in [-0.05, 0) is 26.0 Å². The average molecular weight is 398 g/mol. The Labute approximate surface area is 168 Å². The van der Waals surface area contributed by atoms with Crippen molar-refractivity contribution in [3.05, 3.63) is 58.2 Å². The summed E-state index contributed by atoms with van der Waals surface area (Å²) in [7, 11) is 0. The summed E-state index contributed by atoms with van der Waals surface area (Å²) >= 11 is 0. The Morgan fingerprint density at radius 3 is 2.93 bits per heavy atom. The summed E-state index contributed by atoms with van der Waals surface area (Å²) in [6.45, 7) is 5.04. The highest BCUT2D eigenvalue weighted by atomic mass is 16.3. The summed E-state index contributed by atoms with van der Waals surface area (Å²) in [6, 6.07) is 3.15. The molecular weight excluding hydrogens is 372 g/mol. The van der Waals surface area contributed by atoms with Gasteiger partial charge in [-0.15, -0.1) is 0 Å². The van der Waals surface area contributed by atoms with Gasteiger partial charge in [0.25, 0.3) is 5.56 Å². The molecule has 2 aromatic heterocycles. The van der Waals surface area contributed by atoms with E-state index in [4.69, 9.17) is 4.42 Å². The summed E-state index contributed by atoms with van der Waals surface area (Å²) in [5, 5.41) is 13.1. The molecule has 0 unspecified atom stereocenters. The summed E-state index contributed by atoms with van der Waals surface area (Å²) in [5.41, 5.74) is 2.19. The maximum Gasteiger partial charge on any atom is 0.258 e. The third kappa shape index (κ3) is 3.22. The molecule has 2 aromatic rings. The van der Waals surface area contributed by atoms with E-state index in [9.17, 15) is 14.7 Å². The molecule has 8 nitrogen and oxygen atoms in total. The fourth-order valence-corrected chi connectivity index (χ4v) is 4.89. The van der Waals surface area contributed by atoms with Crippen molar-refractivity contribution < 1.29 is 14.3 Å². The van der Waals surface area contributed by atoms with Crippen LogP contribution in [-0.2, 0) is 17.9 Å². The van der Waals surface area contributed by atoms with Crippen molar-refractivity contribution in [1.29, 1.82) is 0 Å². The number of aliphatic hydroxyl groups excluding tert-OH is 1. The molecule has 1 saturated heterocycles. The lowest BCUT2D eigenvalue weighted by atomic mass is 9.88. The number of carbonyl (C=O) groups excluding carboxylic acids is 1. The number of rotatable bonds is 6. The Morgan fingerprint density at radius 1 is 1.45 bits per heavy atom. The molecule has 0 saturated carbocycles. The molecule has 0 aliphatic carbocycles. The molecule has 0 aromatic carbocycles. The van der Waals surface area contributed by atoms with Crippen LogP contribution in [0.25, 0.3) is 6.08 Å². The van der Waals surface area contributed by atoms with Crippen LogP contribution in [0, 0.1) is 11.8 Å². The van der Waals surface area contributed by atoms with Crippen molar-refractivity contribution in [2.75, 3.05) is 13.2 Å². The normalized spacial score (nSPS) is 26.0. The maximum absolute atomic E-state index is 12.9. The lowest BCUT2D eigenvalue weighted by Gasteiger charge is -2.30. The number of nitrogens with one attached hydrogen (secondary N) is 1. The van der Waals surface area contributed by atoms with Gasteiger partial charge in [-0.2, -0.15) is 0 Å². The number of nitrogens with zero attached hydrogens (tertiary/aromatic N) is 3. The van der Waals surface area contributed by atoms with Crippen molar-refractivity contribution in [3.63, 3.8) is 0 Å². The van der Waals surface area contributed by atoms with Gasteiger partial charge in [-0.25, -0.2) is 4.98 Å². The molecule has 0 bridgehead atoms. The topological polar surface area (TPSA) is 101 Å². The van der Waals surface area contributed by atoms with E-state index in [1.807, 2.05) is 32.1 Å². The van der Waals surface area contributed by atoms with Crippen LogP contribution >= 0.6 is 0 Å². The standard InChI is InChI=1S/C21H26N4O4/c1-3-5-13-6-7-17-18-15(9-24(17)21(13)28)16(10-26)19(20(27)22-4-2)25(18)8-14-11-29-12-23-14/h3,5-7,11-12,15-16,18-19,26H,4,8-10H2,1-2H3,(H,22,27)/b5-3-/t15-,16-,18+,19-/m0/s1. The maximum atomic E-state index is 12.9. The Balaban J connectivity index is 1.79. The first-order valence-corrected chi connectivity index (χ1v) is 9.98. The number of allylic oxidation sites excluding steroid dienone is 1. The smallest absolute Gasteiger partial charge is 0.258 e. The summed E-state index contributed by atoms with van der Waals surface area (Å²) in [4.78, 5) is 32.1. The van der Waals surface area contributed by atoms with Crippen LogP contribution in [0.1, 0.15) is 36.8 Å². The van der Waals surface area contributed by atoms with Crippen molar-refractivity contribution in [2.45, 2.75) is 39.0 Å². The van der Waals surface area contributed by atoms with Gasteiger partial charge in [0.05, 0.1) is 17.8 Å². The number of pyridine rings is 1. The molecule has 154 valence electrons. The summed E-state index contributed by atoms with van der Waals surface area (Å²) in [6.07, 6.45) is 6.58. The van der Waals surface area contributed by atoms with Crippen LogP contribution in [0.5, 0.6) is 0 Å². The van der Waals surface area contributed by atoms with Gasteiger partial charge >= 0.3 is 0 Å². The minimum absolute atomic E-state index is 0.0342. The molecule has 4 rings (SSSR count). The third-order valence-electron chi connectivity index (χ3n) is 6.01. The zero-order valence-corrected chi connectivity index (χ0v) is 16.6. The van der Waals surface area contributed by atoms with Gasteiger partial charge < -0.3 is 19.4 Å². The van der Waals surface area contributed by atoms with Gasteiger partial charge in [0.2, 0.25) is 5.91 Å². The van der Waals surface area contributed by atoms with Gasteiger partial charge in [0.15, 0.2) is 6.39 Å². The predicted octanol–water partition coefficient (Wildman–Crippen LogP) is 1.17. The molecule has 1 amide bonds. The highest BCUT2D eigenvalue weighted by molar-refractivity contribution is 5.82. The van der Waals surface area contributed by atoms with E-state index in [0.717, 1.165) is 5.69 Å². The second-order valence-corrected chi connectivity index (χ2v) is 7.58. The van der Waals surface area contributed by atoms with Gasteiger partial charge in [-0.1, -0.05) is 12.2 Å². The number of likely N-dealkylation sites (tertiary alicyclic amines) is 1. The quantitative estimate of drug-likeness (QED) is 0.758. The number of aliphatic hydroxyl groups is 1. The Bertz CT molecular complexity index is 966. The number of likely N-dealkylation sites (N-methyl/N-ethyl adjacent to an activating group) is 1. The predicted molar refractivity (Wildman–Crippen MR) is 107 cm³/mol. The van der Waals surface area contributed by atoms with Crippen molar-refractivity contribution in [2.24, 2.45) is 11.8 Å². The Morgan fingerprint density at radius 2 is 2.28 bits per heavy atom. The van der Waals surface area contributed by atoms with Gasteiger partial charge in [-0.3, -0.25) is 14.5 Å². The lowest BCUT2D eigenvalue weighted by molar-refractivity contribution is -0.127. The molecule has 2 N–H and O–H groups in total. The summed E-state index contributed by atoms with van der Waals surface area (Å²) in [5.74, 6) is -0.417. The number of hydrogen-bond donors (Lipinski definition) is 2. The summed E-state index contributed by atoms with van der Waals surface area (Å²) < 4.78 is 6.90. The van der Waals surface area contributed by atoms with E-state index in [0.29, 0.717) is 30.9 Å². The van der Waals surface area contributed by atoms with E-state index in [2.05, 4.69) is 15.2 Å². The van der Waals surface area contributed by atoms with Crippen LogP contribution in [0.15, 0.2) is 40.1 Å². The average Bonchev–Trinajstić information content (AvgIpc) is 3.40.